The molecule has 5 heteroatoms. The van der Waals surface area contributed by atoms with Gasteiger partial charge in [-0.2, -0.15) is 5.10 Å². The van der Waals surface area contributed by atoms with Crippen LogP contribution in [0.15, 0.2) is 29.4 Å². The second kappa shape index (κ2) is 6.69. The number of hydrogen-bond acceptors (Lipinski definition) is 3. The van der Waals surface area contributed by atoms with Gasteiger partial charge in [-0.05, 0) is 37.1 Å². The van der Waals surface area contributed by atoms with Gasteiger partial charge in [-0.25, -0.2) is 0 Å². The molecule has 0 unspecified atom stereocenters. The lowest BCUT2D eigenvalue weighted by Gasteiger charge is -2.30. The molecule has 3 rings (SSSR count). The number of carbonyl (C=O) groups excluding carboxylic acids is 1. The first-order chi connectivity index (χ1) is 10.6. The van der Waals surface area contributed by atoms with Crippen LogP contribution in [0.5, 0.6) is 0 Å². The van der Waals surface area contributed by atoms with Crippen molar-refractivity contribution in [3.8, 4) is 0 Å². The number of hydrazone groups is 1. The van der Waals surface area contributed by atoms with Gasteiger partial charge in [-0.15, -0.1) is 0 Å². The highest BCUT2D eigenvalue weighted by Crippen LogP contribution is 2.26. The van der Waals surface area contributed by atoms with Gasteiger partial charge in [0.15, 0.2) is 0 Å². The smallest absolute Gasteiger partial charge is 0.270 e. The number of halogens is 1. The molecule has 2 aliphatic rings. The quantitative estimate of drug-likeness (QED) is 0.796. The van der Waals surface area contributed by atoms with Gasteiger partial charge in [0.2, 0.25) is 0 Å². The van der Waals surface area contributed by atoms with Gasteiger partial charge in [0.05, 0.1) is 5.69 Å². The van der Waals surface area contributed by atoms with Crippen LogP contribution < -0.4 is 5.01 Å². The fourth-order valence-electron chi connectivity index (χ4n) is 3.33. The molecular weight excluding hydrogens is 298 g/mol. The van der Waals surface area contributed by atoms with Crippen LogP contribution in [-0.2, 0) is 4.79 Å². The van der Waals surface area contributed by atoms with Gasteiger partial charge in [0.25, 0.3) is 5.91 Å². The zero-order valence-electron chi connectivity index (χ0n) is 13.0. The Hall–Kier alpha value is -1.55. The van der Waals surface area contributed by atoms with E-state index in [0.717, 1.165) is 31.5 Å². The predicted molar refractivity (Wildman–Crippen MR) is 90.5 cm³/mol. The van der Waals surface area contributed by atoms with Crippen molar-refractivity contribution < 1.29 is 4.79 Å². The largest absolute Gasteiger partial charge is 0.334 e. The van der Waals surface area contributed by atoms with E-state index in [4.69, 9.17) is 11.6 Å². The number of nitrogens with zero attached hydrogens (tertiary/aromatic N) is 3. The van der Waals surface area contributed by atoms with Crippen LogP contribution in [0.2, 0.25) is 5.02 Å². The molecular formula is C17H22ClN3O. The van der Waals surface area contributed by atoms with Crippen molar-refractivity contribution in [3.05, 3.63) is 29.3 Å². The van der Waals surface area contributed by atoms with Crippen LogP contribution in [-0.4, -0.2) is 36.2 Å². The average molecular weight is 320 g/mol. The topological polar surface area (TPSA) is 35.9 Å². The summed E-state index contributed by atoms with van der Waals surface area (Å²) in [4.78, 5) is 14.6. The molecule has 118 valence electrons. The highest BCUT2D eigenvalue weighted by Gasteiger charge is 2.33. The van der Waals surface area contributed by atoms with E-state index in [9.17, 15) is 4.79 Å². The minimum absolute atomic E-state index is 0.118. The number of hydrogen-bond donors (Lipinski definition) is 0. The molecule has 1 aromatic carbocycles. The number of anilines is 1. The maximum absolute atomic E-state index is 12.6. The summed E-state index contributed by atoms with van der Waals surface area (Å²) in [6.45, 7) is 0.816. The minimum atomic E-state index is 0.118. The first kappa shape index (κ1) is 15.3. The van der Waals surface area contributed by atoms with E-state index >= 15 is 0 Å². The summed E-state index contributed by atoms with van der Waals surface area (Å²) in [6.07, 6.45) is 6.82. The summed E-state index contributed by atoms with van der Waals surface area (Å²) in [5.74, 6) is 0.118. The second-order valence-corrected chi connectivity index (χ2v) is 6.52. The lowest BCUT2D eigenvalue weighted by Crippen LogP contribution is -2.39. The van der Waals surface area contributed by atoms with Gasteiger partial charge in [0, 0.05) is 31.1 Å². The van der Waals surface area contributed by atoms with Crippen molar-refractivity contribution in [1.82, 2.24) is 4.90 Å². The fourth-order valence-corrected chi connectivity index (χ4v) is 3.46. The molecule has 0 atom stereocenters. The van der Waals surface area contributed by atoms with E-state index in [-0.39, 0.29) is 5.91 Å². The molecule has 0 N–H and O–H groups in total. The Balaban J connectivity index is 1.69. The molecule has 1 saturated carbocycles. The SMILES string of the molecule is CN(/N=C1/CCN(C2CCCCC2)C1=O)c1ccc(Cl)cc1. The normalized spacial score (nSPS) is 21.6. The number of carbonyl (C=O) groups is 1. The number of rotatable bonds is 3. The van der Waals surface area contributed by atoms with E-state index in [1.165, 1.54) is 19.3 Å². The van der Waals surface area contributed by atoms with Crippen LogP contribution in [0.4, 0.5) is 5.69 Å². The third-order valence-electron chi connectivity index (χ3n) is 4.58. The second-order valence-electron chi connectivity index (χ2n) is 6.09. The Morgan fingerprint density at radius 3 is 2.55 bits per heavy atom. The molecule has 1 aliphatic heterocycles. The molecule has 2 fully saturated rings. The standard InChI is InChI=1S/C17H22ClN3O/c1-20(14-9-7-13(18)8-10-14)19-16-11-12-21(17(16)22)15-5-3-2-4-6-15/h7-10,15H,2-6,11-12H2,1H3/b19-16-. The van der Waals surface area contributed by atoms with E-state index in [1.807, 2.05) is 36.2 Å². The van der Waals surface area contributed by atoms with E-state index < -0.39 is 0 Å². The minimum Gasteiger partial charge on any atom is -0.334 e. The number of likely N-dealkylation sites (tertiary alicyclic amines) is 1. The van der Waals surface area contributed by atoms with Gasteiger partial charge in [-0.3, -0.25) is 9.80 Å². The van der Waals surface area contributed by atoms with E-state index in [1.54, 1.807) is 5.01 Å². The van der Waals surface area contributed by atoms with E-state index in [0.29, 0.717) is 16.8 Å². The molecule has 4 nitrogen and oxygen atoms in total. The monoisotopic (exact) mass is 319 g/mol. The zero-order chi connectivity index (χ0) is 15.5. The van der Waals surface area contributed by atoms with Crippen LogP contribution in [0.25, 0.3) is 0 Å². The number of benzene rings is 1. The first-order valence-electron chi connectivity index (χ1n) is 8.03. The summed E-state index contributed by atoms with van der Waals surface area (Å²) in [5, 5.41) is 6.97. The Bertz CT molecular complexity index is 564. The van der Waals surface area contributed by atoms with Crippen LogP contribution in [0, 0.1) is 0 Å². The van der Waals surface area contributed by atoms with Crippen molar-refractivity contribution in [3.63, 3.8) is 0 Å². The summed E-state index contributed by atoms with van der Waals surface area (Å²) >= 11 is 5.90. The maximum atomic E-state index is 12.6. The molecule has 22 heavy (non-hydrogen) atoms. The number of amides is 1. The molecule has 0 bridgehead atoms. The first-order valence-corrected chi connectivity index (χ1v) is 8.40. The lowest BCUT2D eigenvalue weighted by molar-refractivity contribution is -0.125. The summed E-state index contributed by atoms with van der Waals surface area (Å²) < 4.78 is 0. The van der Waals surface area contributed by atoms with Crippen LogP contribution >= 0.6 is 11.6 Å². The maximum Gasteiger partial charge on any atom is 0.270 e. The summed E-state index contributed by atoms with van der Waals surface area (Å²) in [7, 11) is 1.87. The molecule has 0 radical (unpaired) electrons. The lowest BCUT2D eigenvalue weighted by atomic mass is 9.94. The Kier molecular flexibility index (Phi) is 4.67. The van der Waals surface area contributed by atoms with Crippen molar-refractivity contribution >= 4 is 28.9 Å². The molecule has 1 aromatic rings. The van der Waals surface area contributed by atoms with Gasteiger partial charge < -0.3 is 4.90 Å². The van der Waals surface area contributed by atoms with Gasteiger partial charge in [0.1, 0.15) is 5.71 Å². The third kappa shape index (κ3) is 3.27. The summed E-state index contributed by atoms with van der Waals surface area (Å²) in [5.41, 5.74) is 1.60. The van der Waals surface area contributed by atoms with Crippen molar-refractivity contribution in [2.24, 2.45) is 5.10 Å². The van der Waals surface area contributed by atoms with Gasteiger partial charge >= 0.3 is 0 Å². The Morgan fingerprint density at radius 1 is 1.18 bits per heavy atom. The van der Waals surface area contributed by atoms with Gasteiger partial charge in [-0.1, -0.05) is 30.9 Å². The molecule has 0 aromatic heterocycles. The Labute approximate surface area is 136 Å². The zero-order valence-corrected chi connectivity index (χ0v) is 13.7. The predicted octanol–water partition coefficient (Wildman–Crippen LogP) is 3.70. The average Bonchev–Trinajstić information content (AvgIpc) is 2.90. The third-order valence-corrected chi connectivity index (χ3v) is 4.84. The highest BCUT2D eigenvalue weighted by molar-refractivity contribution is 6.40. The van der Waals surface area contributed by atoms with Crippen molar-refractivity contribution in [2.45, 2.75) is 44.6 Å². The Morgan fingerprint density at radius 2 is 1.86 bits per heavy atom. The molecule has 1 amide bonds. The molecule has 0 spiro atoms. The van der Waals surface area contributed by atoms with Crippen LogP contribution in [0.1, 0.15) is 38.5 Å². The van der Waals surface area contributed by atoms with Crippen molar-refractivity contribution in [2.75, 3.05) is 18.6 Å². The summed E-state index contributed by atoms with van der Waals surface area (Å²) in [6, 6.07) is 7.90. The van der Waals surface area contributed by atoms with Crippen LogP contribution in [0.3, 0.4) is 0 Å². The fraction of sp³-hybridized carbons (Fsp3) is 0.529. The highest BCUT2D eigenvalue weighted by atomic mass is 35.5. The molecule has 1 heterocycles. The molecule has 1 saturated heterocycles. The van der Waals surface area contributed by atoms with E-state index in [2.05, 4.69) is 5.10 Å². The molecule has 1 aliphatic carbocycles. The van der Waals surface area contributed by atoms with Crippen molar-refractivity contribution in [1.29, 1.82) is 0 Å².